The fourth-order valence-electron chi connectivity index (χ4n) is 1.86. The van der Waals surface area contributed by atoms with Crippen LogP contribution in [0.4, 0.5) is 0 Å². The van der Waals surface area contributed by atoms with Gasteiger partial charge < -0.3 is 5.32 Å². The summed E-state index contributed by atoms with van der Waals surface area (Å²) < 4.78 is 26.6. The molecule has 0 saturated heterocycles. The number of hydrogen-bond acceptors (Lipinski definition) is 3. The first-order chi connectivity index (χ1) is 9.45. The van der Waals surface area contributed by atoms with Gasteiger partial charge in [0.05, 0.1) is 4.90 Å². The number of likely N-dealkylation sites (N-methyl/N-ethyl adjacent to an activating group) is 1. The first-order valence-corrected chi connectivity index (χ1v) is 8.77. The minimum Gasteiger partial charge on any atom is -0.310 e. The highest BCUT2D eigenvalue weighted by atomic mass is 79.9. The van der Waals surface area contributed by atoms with Crippen molar-refractivity contribution in [3.63, 3.8) is 0 Å². The van der Waals surface area contributed by atoms with E-state index in [9.17, 15) is 8.42 Å². The summed E-state index contributed by atoms with van der Waals surface area (Å²) in [6.07, 6.45) is 4.04. The van der Waals surface area contributed by atoms with Crippen LogP contribution in [-0.4, -0.2) is 32.4 Å². The Kier molecular flexibility index (Phi) is 5.01. The number of nitrogens with one attached hydrogen (secondary N) is 1. The Morgan fingerprint density at radius 1 is 1.50 bits per heavy atom. The Hall–Kier alpha value is -0.690. The first-order valence-electron chi connectivity index (χ1n) is 6.54. The summed E-state index contributed by atoms with van der Waals surface area (Å²) in [6, 6.07) is 6.01. The minimum absolute atomic E-state index is 0.289. The molecule has 0 aliphatic heterocycles. The minimum atomic E-state index is -3.47. The summed E-state index contributed by atoms with van der Waals surface area (Å²) >= 11 is 3.37. The predicted octanol–water partition coefficient (Wildman–Crippen LogP) is 2.51. The third-order valence-electron chi connectivity index (χ3n) is 3.24. The molecular formula is C14H19BrN2O2S. The summed E-state index contributed by atoms with van der Waals surface area (Å²) in [7, 11) is -1.93. The molecule has 1 saturated carbocycles. The Labute approximate surface area is 129 Å². The molecule has 1 aromatic carbocycles. The van der Waals surface area contributed by atoms with Crippen LogP contribution in [-0.2, 0) is 16.6 Å². The van der Waals surface area contributed by atoms with Gasteiger partial charge in [-0.1, -0.05) is 12.1 Å². The van der Waals surface area contributed by atoms with E-state index in [1.54, 1.807) is 19.2 Å². The molecule has 110 valence electrons. The first kappa shape index (κ1) is 15.7. The monoisotopic (exact) mass is 358 g/mol. The second-order valence-corrected chi connectivity index (χ2v) is 7.86. The zero-order valence-electron chi connectivity index (χ0n) is 11.5. The van der Waals surface area contributed by atoms with Gasteiger partial charge in [0.25, 0.3) is 0 Å². The number of hydrogen-bond donors (Lipinski definition) is 1. The van der Waals surface area contributed by atoms with Gasteiger partial charge in [-0.2, -0.15) is 4.31 Å². The van der Waals surface area contributed by atoms with Crippen molar-refractivity contribution >= 4 is 26.0 Å². The molecule has 0 unspecified atom stereocenters. The van der Waals surface area contributed by atoms with Crippen molar-refractivity contribution in [3.8, 4) is 0 Å². The van der Waals surface area contributed by atoms with Gasteiger partial charge in [0.1, 0.15) is 0 Å². The second kappa shape index (κ2) is 6.39. The fourth-order valence-corrected chi connectivity index (χ4v) is 4.08. The van der Waals surface area contributed by atoms with Crippen LogP contribution in [0.1, 0.15) is 18.4 Å². The van der Waals surface area contributed by atoms with Crippen molar-refractivity contribution in [2.45, 2.75) is 30.3 Å². The van der Waals surface area contributed by atoms with E-state index in [-0.39, 0.29) is 4.90 Å². The van der Waals surface area contributed by atoms with Gasteiger partial charge >= 0.3 is 0 Å². The molecule has 0 atom stereocenters. The largest absolute Gasteiger partial charge is 0.310 e. The lowest BCUT2D eigenvalue weighted by Gasteiger charge is -2.16. The van der Waals surface area contributed by atoms with Crippen molar-refractivity contribution < 1.29 is 8.42 Å². The Bertz CT molecular complexity index is 597. The van der Waals surface area contributed by atoms with Crippen LogP contribution in [0.2, 0.25) is 0 Å². The van der Waals surface area contributed by atoms with Crippen LogP contribution < -0.4 is 5.32 Å². The molecule has 0 heterocycles. The van der Waals surface area contributed by atoms with Crippen LogP contribution in [0.15, 0.2) is 40.2 Å². The van der Waals surface area contributed by atoms with Gasteiger partial charge in [0, 0.05) is 30.7 Å². The topological polar surface area (TPSA) is 49.4 Å². The highest BCUT2D eigenvalue weighted by Gasteiger charge is 2.23. The van der Waals surface area contributed by atoms with Gasteiger partial charge in [0.15, 0.2) is 0 Å². The Balaban J connectivity index is 2.17. The lowest BCUT2D eigenvalue weighted by molar-refractivity contribution is 0.499. The lowest BCUT2D eigenvalue weighted by Crippen LogP contribution is -2.27. The molecule has 0 amide bonds. The molecule has 1 aliphatic rings. The average Bonchev–Trinajstić information content (AvgIpc) is 3.20. The van der Waals surface area contributed by atoms with Crippen molar-refractivity contribution in [2.24, 2.45) is 0 Å². The number of halogens is 1. The van der Waals surface area contributed by atoms with Crippen molar-refractivity contribution in [3.05, 3.63) is 40.9 Å². The van der Waals surface area contributed by atoms with Crippen molar-refractivity contribution in [1.29, 1.82) is 0 Å². The van der Waals surface area contributed by atoms with E-state index < -0.39 is 10.0 Å². The number of sulfonamides is 1. The lowest BCUT2D eigenvalue weighted by atomic mass is 10.2. The molecule has 1 N–H and O–H groups in total. The summed E-state index contributed by atoms with van der Waals surface area (Å²) in [6.45, 7) is 4.63. The summed E-state index contributed by atoms with van der Waals surface area (Å²) in [4.78, 5) is 0.289. The van der Waals surface area contributed by atoms with Gasteiger partial charge in [-0.25, -0.2) is 8.42 Å². The molecule has 6 heteroatoms. The van der Waals surface area contributed by atoms with E-state index in [4.69, 9.17) is 0 Å². The Morgan fingerprint density at radius 3 is 2.75 bits per heavy atom. The van der Waals surface area contributed by atoms with E-state index >= 15 is 0 Å². The van der Waals surface area contributed by atoms with Gasteiger partial charge in [-0.05, 0) is 46.5 Å². The molecule has 0 bridgehead atoms. The summed E-state index contributed by atoms with van der Waals surface area (Å²) in [5, 5.41) is 3.41. The van der Waals surface area contributed by atoms with E-state index in [0.717, 1.165) is 12.1 Å². The fraction of sp³-hybridized carbons (Fsp3) is 0.429. The molecule has 2 rings (SSSR count). The summed E-state index contributed by atoms with van der Waals surface area (Å²) in [5.74, 6) is 0. The molecule has 4 nitrogen and oxygen atoms in total. The second-order valence-electron chi connectivity index (χ2n) is 4.99. The van der Waals surface area contributed by atoms with Crippen LogP contribution in [0.3, 0.4) is 0 Å². The highest BCUT2D eigenvalue weighted by Crippen LogP contribution is 2.26. The molecule has 0 spiro atoms. The van der Waals surface area contributed by atoms with Gasteiger partial charge in [-0.3, -0.25) is 0 Å². The molecule has 1 aliphatic carbocycles. The highest BCUT2D eigenvalue weighted by molar-refractivity contribution is 9.10. The molecule has 1 fully saturated rings. The zero-order valence-corrected chi connectivity index (χ0v) is 13.9. The molecule has 1 aromatic rings. The summed E-state index contributed by atoms with van der Waals surface area (Å²) in [5.41, 5.74) is 1.08. The van der Waals surface area contributed by atoms with Crippen LogP contribution in [0, 0.1) is 0 Å². The SMILES string of the molecule is C=CCN(C)S(=O)(=O)c1ccc(CNC2CC2)cc1Br. The van der Waals surface area contributed by atoms with E-state index in [0.29, 0.717) is 17.1 Å². The van der Waals surface area contributed by atoms with E-state index in [1.807, 2.05) is 12.1 Å². The van der Waals surface area contributed by atoms with E-state index in [1.165, 1.54) is 17.1 Å². The maximum atomic E-state index is 12.4. The maximum absolute atomic E-state index is 12.4. The zero-order chi connectivity index (χ0) is 14.8. The normalized spacial score (nSPS) is 15.6. The molecule has 20 heavy (non-hydrogen) atoms. The third-order valence-corrected chi connectivity index (χ3v) is 6.04. The maximum Gasteiger partial charge on any atom is 0.244 e. The molecule has 0 radical (unpaired) electrons. The van der Waals surface area contributed by atoms with Crippen LogP contribution in [0.5, 0.6) is 0 Å². The van der Waals surface area contributed by atoms with Crippen molar-refractivity contribution in [1.82, 2.24) is 9.62 Å². The standard InChI is InChI=1S/C14H19BrN2O2S/c1-3-8-17(2)20(18,19)14-7-4-11(9-13(14)15)10-16-12-5-6-12/h3-4,7,9,12,16H,1,5-6,8,10H2,2H3. The van der Waals surface area contributed by atoms with Gasteiger partial charge in [-0.15, -0.1) is 6.58 Å². The Morgan fingerprint density at radius 2 is 2.20 bits per heavy atom. The van der Waals surface area contributed by atoms with Crippen LogP contribution >= 0.6 is 15.9 Å². The average molecular weight is 359 g/mol. The number of rotatable bonds is 7. The van der Waals surface area contributed by atoms with Crippen molar-refractivity contribution in [2.75, 3.05) is 13.6 Å². The third kappa shape index (κ3) is 3.69. The quantitative estimate of drug-likeness (QED) is 0.761. The predicted molar refractivity (Wildman–Crippen MR) is 84.0 cm³/mol. The number of nitrogens with zero attached hydrogens (tertiary/aromatic N) is 1. The molecule has 0 aromatic heterocycles. The van der Waals surface area contributed by atoms with E-state index in [2.05, 4.69) is 27.8 Å². The smallest absolute Gasteiger partial charge is 0.244 e. The van der Waals surface area contributed by atoms with Gasteiger partial charge in [0.2, 0.25) is 10.0 Å². The molecular weight excluding hydrogens is 340 g/mol. The number of benzene rings is 1. The van der Waals surface area contributed by atoms with Crippen LogP contribution in [0.25, 0.3) is 0 Å².